The molecular weight excluding hydrogens is 386 g/mol. The summed E-state index contributed by atoms with van der Waals surface area (Å²) in [6, 6.07) is -0.991. The van der Waals surface area contributed by atoms with Gasteiger partial charge in [0.1, 0.15) is 18.2 Å². The van der Waals surface area contributed by atoms with Crippen LogP contribution in [0.5, 0.6) is 0 Å². The van der Waals surface area contributed by atoms with Gasteiger partial charge in [-0.15, -0.1) is 0 Å². The summed E-state index contributed by atoms with van der Waals surface area (Å²) in [6.07, 6.45) is 0.641. The zero-order valence-electron chi connectivity index (χ0n) is 19.9. The minimum atomic E-state index is -2.31. The van der Waals surface area contributed by atoms with Crippen molar-refractivity contribution in [3.63, 3.8) is 0 Å². The molecule has 0 amide bonds. The first-order valence-corrected chi connectivity index (χ1v) is 13.4. The molecule has 5 atom stereocenters. The molecule has 170 valence electrons. The molecule has 1 aliphatic rings. The van der Waals surface area contributed by atoms with E-state index >= 15 is 0 Å². The van der Waals surface area contributed by atoms with Gasteiger partial charge < -0.3 is 19.6 Å². The number of esters is 2. The molecule has 0 aromatic rings. The van der Waals surface area contributed by atoms with Crippen molar-refractivity contribution in [1.29, 1.82) is 0 Å². The monoisotopic (exact) mass is 429 g/mol. The first-order chi connectivity index (χ1) is 13.4. The predicted octanol–water partition coefficient (Wildman–Crippen LogP) is 4.56. The maximum Gasteiger partial charge on any atom is 0.327 e. The molecule has 0 spiro atoms. The Kier molecular flexibility index (Phi) is 9.83. The molecule has 0 aliphatic carbocycles. The van der Waals surface area contributed by atoms with Crippen LogP contribution >= 0.6 is 0 Å². The van der Waals surface area contributed by atoms with Crippen molar-refractivity contribution in [2.45, 2.75) is 123 Å². The fourth-order valence-electron chi connectivity index (χ4n) is 4.85. The predicted molar refractivity (Wildman–Crippen MR) is 118 cm³/mol. The topological polar surface area (TPSA) is 87.9 Å². The van der Waals surface area contributed by atoms with Gasteiger partial charge in [-0.3, -0.25) is 9.59 Å². The molecule has 0 saturated carbocycles. The number of ether oxygens (including phenoxy) is 2. The molecule has 0 aromatic carbocycles. The number of hydrogen-bond acceptors (Lipinski definition) is 6. The third-order valence-corrected chi connectivity index (χ3v) is 12.6. The first-order valence-electron chi connectivity index (χ1n) is 11.2. The fraction of sp³-hybridized carbons (Fsp3) is 0.909. The normalized spacial score (nSPS) is 29.5. The summed E-state index contributed by atoms with van der Waals surface area (Å²) in [7, 11) is -2.31. The van der Waals surface area contributed by atoms with Crippen LogP contribution in [-0.4, -0.2) is 44.6 Å². The number of carbonyl (C=O) groups is 2. The zero-order chi connectivity index (χ0) is 22.5. The van der Waals surface area contributed by atoms with Gasteiger partial charge in [-0.2, -0.15) is 0 Å². The molecule has 1 heterocycles. The van der Waals surface area contributed by atoms with Gasteiger partial charge in [0.2, 0.25) is 8.32 Å². The number of nitrogens with two attached hydrogens (primary N) is 1. The van der Waals surface area contributed by atoms with Gasteiger partial charge in [0.25, 0.3) is 0 Å². The Hall–Kier alpha value is -0.923. The summed E-state index contributed by atoms with van der Waals surface area (Å²) < 4.78 is 18.3. The fourth-order valence-corrected chi connectivity index (χ4v) is 10.5. The van der Waals surface area contributed by atoms with Gasteiger partial charge in [-0.25, -0.2) is 0 Å². The maximum absolute atomic E-state index is 13.1. The highest BCUT2D eigenvalue weighted by Crippen LogP contribution is 2.44. The number of cyclic esters (lactones) is 2. The Balaban J connectivity index is 3.46. The smallest absolute Gasteiger partial charge is 0.327 e. The minimum absolute atomic E-state index is 0.337. The lowest BCUT2D eigenvalue weighted by Gasteiger charge is -2.46. The minimum Gasteiger partial charge on any atom is -0.460 e. The Bertz CT molecular complexity index is 530. The molecule has 2 N–H and O–H groups in total. The van der Waals surface area contributed by atoms with Crippen molar-refractivity contribution in [2.75, 3.05) is 0 Å². The SMILES string of the molecule is CCCC[C@H]1C(=O)O[C@H](C)[C@H](N)C(=O)O[C@@H](C)[C@@H]1O[Si](C(C)C)(C(C)C)C(C)C. The van der Waals surface area contributed by atoms with Gasteiger partial charge >= 0.3 is 11.9 Å². The highest BCUT2D eigenvalue weighted by atomic mass is 28.4. The summed E-state index contributed by atoms with van der Waals surface area (Å²) in [5.41, 5.74) is 7.01. The van der Waals surface area contributed by atoms with Gasteiger partial charge in [-0.05, 0) is 36.9 Å². The van der Waals surface area contributed by atoms with Crippen LogP contribution in [0.2, 0.25) is 16.6 Å². The van der Waals surface area contributed by atoms with E-state index in [0.717, 1.165) is 12.8 Å². The molecule has 1 saturated heterocycles. The second-order valence-corrected chi connectivity index (χ2v) is 14.9. The Morgan fingerprint density at radius 3 is 1.86 bits per heavy atom. The van der Waals surface area contributed by atoms with E-state index in [1.165, 1.54) is 0 Å². The standard InChI is InChI=1S/C22H43NO5Si/c1-10-11-12-18-20(28-29(13(2)3,14(4)5)15(6)7)17(9)27-22(25)19(23)16(8)26-21(18)24/h13-20H,10-12,23H2,1-9H3/t16-,17+,18-,19+,20+/m1/s1. The van der Waals surface area contributed by atoms with E-state index in [0.29, 0.717) is 23.0 Å². The Labute approximate surface area is 178 Å². The van der Waals surface area contributed by atoms with E-state index in [1.807, 2.05) is 6.92 Å². The van der Waals surface area contributed by atoms with Crippen LogP contribution < -0.4 is 5.73 Å². The van der Waals surface area contributed by atoms with Crippen LogP contribution in [0.4, 0.5) is 0 Å². The molecule has 1 fully saturated rings. The summed E-state index contributed by atoms with van der Waals surface area (Å²) in [4.78, 5) is 25.6. The van der Waals surface area contributed by atoms with Crippen LogP contribution in [0, 0.1) is 5.92 Å². The number of rotatable bonds is 8. The van der Waals surface area contributed by atoms with Crippen molar-refractivity contribution in [1.82, 2.24) is 0 Å². The van der Waals surface area contributed by atoms with E-state index in [-0.39, 0.29) is 5.97 Å². The van der Waals surface area contributed by atoms with Crippen LogP contribution in [0.1, 0.15) is 81.6 Å². The van der Waals surface area contributed by atoms with Crippen LogP contribution in [0.25, 0.3) is 0 Å². The van der Waals surface area contributed by atoms with E-state index < -0.39 is 44.6 Å². The molecule has 6 nitrogen and oxygen atoms in total. The molecule has 7 heteroatoms. The van der Waals surface area contributed by atoms with E-state index in [9.17, 15) is 9.59 Å². The molecular formula is C22H43NO5Si. The lowest BCUT2D eigenvalue weighted by molar-refractivity contribution is -0.159. The lowest BCUT2D eigenvalue weighted by Crippen LogP contribution is -2.55. The average Bonchev–Trinajstić information content (AvgIpc) is 2.63. The van der Waals surface area contributed by atoms with Crippen LogP contribution in [0.15, 0.2) is 0 Å². The van der Waals surface area contributed by atoms with Gasteiger partial charge in [0.05, 0.1) is 12.0 Å². The molecule has 1 aliphatic heterocycles. The third kappa shape index (κ3) is 5.82. The third-order valence-electron chi connectivity index (χ3n) is 6.46. The average molecular weight is 430 g/mol. The maximum atomic E-state index is 13.1. The van der Waals surface area contributed by atoms with Gasteiger partial charge in [-0.1, -0.05) is 61.3 Å². The van der Waals surface area contributed by atoms with Crippen LogP contribution in [0.3, 0.4) is 0 Å². The summed E-state index contributed by atoms with van der Waals surface area (Å²) in [5.74, 6) is -1.36. The quantitative estimate of drug-likeness (QED) is 0.449. The molecule has 1 rings (SSSR count). The molecule has 0 aromatic heterocycles. The van der Waals surface area contributed by atoms with Crippen LogP contribution in [-0.2, 0) is 23.5 Å². The first kappa shape index (κ1) is 26.1. The highest BCUT2D eigenvalue weighted by molar-refractivity contribution is 6.77. The van der Waals surface area contributed by atoms with E-state index in [4.69, 9.17) is 19.6 Å². The van der Waals surface area contributed by atoms with Crippen molar-refractivity contribution in [3.05, 3.63) is 0 Å². The summed E-state index contributed by atoms with van der Waals surface area (Å²) >= 11 is 0. The number of unbranched alkanes of at least 4 members (excludes halogenated alkanes) is 1. The Morgan fingerprint density at radius 1 is 0.931 bits per heavy atom. The molecule has 29 heavy (non-hydrogen) atoms. The van der Waals surface area contributed by atoms with Crippen molar-refractivity contribution in [2.24, 2.45) is 11.7 Å². The van der Waals surface area contributed by atoms with E-state index in [2.05, 4.69) is 48.5 Å². The van der Waals surface area contributed by atoms with Crippen molar-refractivity contribution < 1.29 is 23.5 Å². The van der Waals surface area contributed by atoms with Crippen molar-refractivity contribution in [3.8, 4) is 0 Å². The molecule has 0 bridgehead atoms. The second-order valence-electron chi connectivity index (χ2n) is 9.46. The molecule has 0 unspecified atom stereocenters. The van der Waals surface area contributed by atoms with E-state index in [1.54, 1.807) is 6.92 Å². The summed E-state index contributed by atoms with van der Waals surface area (Å²) in [5, 5.41) is 0. The number of carbonyl (C=O) groups excluding carboxylic acids is 2. The zero-order valence-corrected chi connectivity index (χ0v) is 20.9. The lowest BCUT2D eigenvalue weighted by atomic mass is 9.93. The Morgan fingerprint density at radius 2 is 1.41 bits per heavy atom. The largest absolute Gasteiger partial charge is 0.460 e. The summed E-state index contributed by atoms with van der Waals surface area (Å²) in [6.45, 7) is 18.8. The van der Waals surface area contributed by atoms with Gasteiger partial charge in [0.15, 0.2) is 0 Å². The highest BCUT2D eigenvalue weighted by Gasteiger charge is 2.51. The van der Waals surface area contributed by atoms with Gasteiger partial charge in [0, 0.05) is 0 Å². The number of hydrogen-bond donors (Lipinski definition) is 1. The second kappa shape index (κ2) is 10.9. The van der Waals surface area contributed by atoms with Crippen molar-refractivity contribution >= 4 is 20.3 Å². The molecule has 0 radical (unpaired) electrons.